The van der Waals surface area contributed by atoms with Crippen LogP contribution in [-0.4, -0.2) is 49.3 Å². The van der Waals surface area contributed by atoms with Gasteiger partial charge in [-0.05, 0) is 49.8 Å². The maximum absolute atomic E-state index is 5.48. The Balaban J connectivity index is 1.86. The molecule has 0 saturated carbocycles. The Morgan fingerprint density at radius 2 is 1.86 bits per heavy atom. The summed E-state index contributed by atoms with van der Waals surface area (Å²) in [6.45, 7) is 8.26. The third kappa shape index (κ3) is 4.24. The van der Waals surface area contributed by atoms with Gasteiger partial charge in [-0.1, -0.05) is 6.92 Å². The molecule has 1 aromatic carbocycles. The van der Waals surface area contributed by atoms with Crippen molar-refractivity contribution < 1.29 is 4.74 Å². The predicted octanol–water partition coefficient (Wildman–Crippen LogP) is 2.49. The van der Waals surface area contributed by atoms with E-state index in [9.17, 15) is 0 Å². The van der Waals surface area contributed by atoms with Crippen LogP contribution in [-0.2, 0) is 0 Å². The van der Waals surface area contributed by atoms with Gasteiger partial charge in [-0.25, -0.2) is 0 Å². The molecule has 0 aliphatic carbocycles. The van der Waals surface area contributed by atoms with Gasteiger partial charge in [0.15, 0.2) is 5.11 Å². The number of ether oxygens (including phenoxy) is 1. The Labute approximate surface area is 133 Å². The second kappa shape index (κ2) is 7.50. The summed E-state index contributed by atoms with van der Waals surface area (Å²) >= 11 is 5.48. The van der Waals surface area contributed by atoms with Crippen LogP contribution in [0.3, 0.4) is 0 Å². The van der Waals surface area contributed by atoms with Crippen LogP contribution in [0.2, 0.25) is 0 Å². The Kier molecular flexibility index (Phi) is 5.67. The smallest absolute Gasteiger partial charge is 0.169 e. The largest absolute Gasteiger partial charge is 0.497 e. The lowest BCUT2D eigenvalue weighted by molar-refractivity contribution is 0.375. The summed E-state index contributed by atoms with van der Waals surface area (Å²) in [4.78, 5) is 4.66. The molecule has 1 aliphatic rings. The van der Waals surface area contributed by atoms with Gasteiger partial charge >= 0.3 is 0 Å². The molecule has 1 aromatic rings. The Hall–Kier alpha value is -1.49. The van der Waals surface area contributed by atoms with Crippen LogP contribution in [0.1, 0.15) is 20.3 Å². The van der Waals surface area contributed by atoms with Crippen molar-refractivity contribution in [3.05, 3.63) is 24.3 Å². The molecule has 21 heavy (non-hydrogen) atoms. The Morgan fingerprint density at radius 3 is 2.38 bits per heavy atom. The molecule has 1 saturated heterocycles. The van der Waals surface area contributed by atoms with Gasteiger partial charge in [-0.3, -0.25) is 0 Å². The molecule has 1 aliphatic heterocycles. The molecule has 0 spiro atoms. The highest BCUT2D eigenvalue weighted by atomic mass is 32.1. The van der Waals surface area contributed by atoms with E-state index < -0.39 is 0 Å². The van der Waals surface area contributed by atoms with Crippen LogP contribution in [0.25, 0.3) is 0 Å². The highest BCUT2D eigenvalue weighted by molar-refractivity contribution is 7.80. The standard InChI is InChI=1S/C16H25N3OS/c1-4-13(2)17-16(21)19-11-9-18(10-12-19)14-5-7-15(20-3)8-6-14/h5-8,13H,4,9-12H2,1-3H3,(H,17,21)/t13-/m0/s1. The lowest BCUT2D eigenvalue weighted by atomic mass is 10.2. The van der Waals surface area contributed by atoms with Crippen molar-refractivity contribution in [2.75, 3.05) is 38.2 Å². The molecule has 1 N–H and O–H groups in total. The van der Waals surface area contributed by atoms with Gasteiger partial charge in [0.05, 0.1) is 7.11 Å². The second-order valence-electron chi connectivity index (χ2n) is 5.43. The average molecular weight is 307 g/mol. The maximum atomic E-state index is 5.48. The van der Waals surface area contributed by atoms with Crippen LogP contribution in [0.15, 0.2) is 24.3 Å². The highest BCUT2D eigenvalue weighted by Gasteiger charge is 2.19. The Bertz CT molecular complexity index is 455. The predicted molar refractivity (Wildman–Crippen MR) is 92.3 cm³/mol. The third-order valence-electron chi connectivity index (χ3n) is 3.99. The van der Waals surface area contributed by atoms with Gasteiger partial charge in [0, 0.05) is 37.9 Å². The van der Waals surface area contributed by atoms with Gasteiger partial charge in [-0.15, -0.1) is 0 Å². The van der Waals surface area contributed by atoms with E-state index in [4.69, 9.17) is 17.0 Å². The van der Waals surface area contributed by atoms with E-state index in [1.165, 1.54) is 5.69 Å². The molecule has 0 aromatic heterocycles. The lowest BCUT2D eigenvalue weighted by Gasteiger charge is -2.38. The van der Waals surface area contributed by atoms with Crippen LogP contribution in [0.4, 0.5) is 5.69 Å². The van der Waals surface area contributed by atoms with E-state index in [0.717, 1.165) is 43.5 Å². The molecule has 1 heterocycles. The second-order valence-corrected chi connectivity index (χ2v) is 5.82. The summed E-state index contributed by atoms with van der Waals surface area (Å²) in [5, 5.41) is 4.28. The summed E-state index contributed by atoms with van der Waals surface area (Å²) in [5.41, 5.74) is 1.25. The van der Waals surface area contributed by atoms with Crippen molar-refractivity contribution in [2.24, 2.45) is 0 Å². The van der Waals surface area contributed by atoms with E-state index in [0.29, 0.717) is 6.04 Å². The van der Waals surface area contributed by atoms with E-state index >= 15 is 0 Å². The quantitative estimate of drug-likeness (QED) is 0.863. The normalized spacial score (nSPS) is 16.5. The first kappa shape index (κ1) is 15.9. The van der Waals surface area contributed by atoms with Crippen molar-refractivity contribution in [1.82, 2.24) is 10.2 Å². The minimum atomic E-state index is 0.442. The summed E-state index contributed by atoms with van der Waals surface area (Å²) < 4.78 is 5.20. The molecule has 4 nitrogen and oxygen atoms in total. The average Bonchev–Trinajstić information content (AvgIpc) is 2.55. The minimum Gasteiger partial charge on any atom is -0.497 e. The van der Waals surface area contributed by atoms with E-state index in [1.54, 1.807) is 7.11 Å². The number of thiocarbonyl (C=S) groups is 1. The number of hydrogen-bond acceptors (Lipinski definition) is 3. The van der Waals surface area contributed by atoms with Gasteiger partial charge in [0.2, 0.25) is 0 Å². The summed E-state index contributed by atoms with van der Waals surface area (Å²) in [6, 6.07) is 8.69. The van der Waals surface area contributed by atoms with Crippen molar-refractivity contribution in [3.8, 4) is 5.75 Å². The van der Waals surface area contributed by atoms with E-state index in [2.05, 4.69) is 41.1 Å². The van der Waals surface area contributed by atoms with Crippen LogP contribution < -0.4 is 15.0 Å². The highest BCUT2D eigenvalue weighted by Crippen LogP contribution is 2.20. The van der Waals surface area contributed by atoms with Crippen molar-refractivity contribution in [3.63, 3.8) is 0 Å². The fourth-order valence-corrected chi connectivity index (χ4v) is 2.75. The number of methoxy groups -OCH3 is 1. The SMILES string of the molecule is CC[C@H](C)NC(=S)N1CCN(c2ccc(OC)cc2)CC1. The van der Waals surface area contributed by atoms with Crippen molar-refractivity contribution >= 4 is 23.0 Å². The molecule has 0 unspecified atom stereocenters. The molecule has 1 fully saturated rings. The zero-order valence-corrected chi connectivity index (χ0v) is 13.9. The maximum Gasteiger partial charge on any atom is 0.169 e. The minimum absolute atomic E-state index is 0.442. The van der Waals surface area contributed by atoms with Gasteiger partial charge in [0.25, 0.3) is 0 Å². The molecule has 0 radical (unpaired) electrons. The molecule has 116 valence electrons. The van der Waals surface area contributed by atoms with Crippen LogP contribution in [0.5, 0.6) is 5.75 Å². The third-order valence-corrected chi connectivity index (χ3v) is 4.36. The number of anilines is 1. The number of piperazine rings is 1. The lowest BCUT2D eigenvalue weighted by Crippen LogP contribution is -2.53. The van der Waals surface area contributed by atoms with Crippen LogP contribution >= 0.6 is 12.2 Å². The van der Waals surface area contributed by atoms with Crippen molar-refractivity contribution in [1.29, 1.82) is 0 Å². The summed E-state index contributed by atoms with van der Waals surface area (Å²) in [7, 11) is 1.69. The first-order chi connectivity index (χ1) is 10.1. The molecule has 2 rings (SSSR count). The van der Waals surface area contributed by atoms with Crippen molar-refractivity contribution in [2.45, 2.75) is 26.3 Å². The fraction of sp³-hybridized carbons (Fsp3) is 0.562. The molecule has 0 amide bonds. The number of hydrogen-bond donors (Lipinski definition) is 1. The first-order valence-corrected chi connectivity index (χ1v) is 7.99. The number of nitrogens with one attached hydrogen (secondary N) is 1. The Morgan fingerprint density at radius 1 is 1.24 bits per heavy atom. The number of rotatable bonds is 4. The van der Waals surface area contributed by atoms with Gasteiger partial charge < -0.3 is 19.9 Å². The molecule has 5 heteroatoms. The zero-order valence-electron chi connectivity index (χ0n) is 13.1. The van der Waals surface area contributed by atoms with E-state index in [-0.39, 0.29) is 0 Å². The summed E-state index contributed by atoms with van der Waals surface area (Å²) in [6.07, 6.45) is 1.09. The first-order valence-electron chi connectivity index (χ1n) is 7.58. The molecule has 0 bridgehead atoms. The van der Waals surface area contributed by atoms with Gasteiger partial charge in [0.1, 0.15) is 5.75 Å². The van der Waals surface area contributed by atoms with Gasteiger partial charge in [-0.2, -0.15) is 0 Å². The fourth-order valence-electron chi connectivity index (χ4n) is 2.36. The number of nitrogens with zero attached hydrogens (tertiary/aromatic N) is 2. The van der Waals surface area contributed by atoms with E-state index in [1.807, 2.05) is 12.1 Å². The molecular weight excluding hydrogens is 282 g/mol. The summed E-state index contributed by atoms with van der Waals surface area (Å²) in [5.74, 6) is 0.899. The zero-order chi connectivity index (χ0) is 15.2. The van der Waals surface area contributed by atoms with Crippen LogP contribution in [0, 0.1) is 0 Å². The monoisotopic (exact) mass is 307 g/mol. The molecule has 1 atom stereocenters. The number of benzene rings is 1. The topological polar surface area (TPSA) is 27.7 Å². The molecular formula is C16H25N3OS.